The lowest BCUT2D eigenvalue weighted by Crippen LogP contribution is -2.41. The number of nitrogens with zero attached hydrogens (tertiary/aromatic N) is 1. The number of carbonyl (C=O) groups excluding carboxylic acids is 1. The number of aliphatic imine (C=N–C) groups is 1. The first-order chi connectivity index (χ1) is 12.1. The highest BCUT2D eigenvalue weighted by atomic mass is 127. The largest absolute Gasteiger partial charge is 0.357 e. The normalized spacial score (nSPS) is 15.9. The molecule has 1 saturated carbocycles. The van der Waals surface area contributed by atoms with Gasteiger partial charge in [0.15, 0.2) is 5.96 Å². The Morgan fingerprint density at radius 1 is 1.27 bits per heavy atom. The first-order valence-corrected chi connectivity index (χ1v) is 9.57. The van der Waals surface area contributed by atoms with Gasteiger partial charge in [-0.15, -0.1) is 24.0 Å². The number of amides is 1. The smallest absolute Gasteiger partial charge is 0.227 e. The maximum Gasteiger partial charge on any atom is 0.227 e. The minimum absolute atomic E-state index is 0. The van der Waals surface area contributed by atoms with E-state index in [4.69, 9.17) is 0 Å². The van der Waals surface area contributed by atoms with Crippen molar-refractivity contribution in [3.8, 4) is 0 Å². The molecule has 0 bridgehead atoms. The third-order valence-electron chi connectivity index (χ3n) is 4.68. The maximum absolute atomic E-state index is 12.3. The topological polar surface area (TPSA) is 65.5 Å². The van der Waals surface area contributed by atoms with Crippen LogP contribution in [0.15, 0.2) is 29.3 Å². The van der Waals surface area contributed by atoms with Crippen LogP contribution in [0.2, 0.25) is 0 Å². The van der Waals surface area contributed by atoms with Crippen LogP contribution in [-0.4, -0.2) is 24.5 Å². The predicted molar refractivity (Wildman–Crippen MR) is 120 cm³/mol. The molecule has 146 valence electrons. The number of halogens is 1. The van der Waals surface area contributed by atoms with Crippen molar-refractivity contribution in [2.75, 3.05) is 11.9 Å². The molecule has 1 unspecified atom stereocenters. The van der Waals surface area contributed by atoms with Crippen LogP contribution < -0.4 is 16.0 Å². The second kappa shape index (κ2) is 12.1. The molecule has 1 fully saturated rings. The molecule has 0 aromatic heterocycles. The fraction of sp³-hybridized carbons (Fsp3) is 0.600. The van der Waals surface area contributed by atoms with Crippen LogP contribution in [0, 0.1) is 5.92 Å². The van der Waals surface area contributed by atoms with E-state index in [9.17, 15) is 4.79 Å². The average Bonchev–Trinajstić information content (AvgIpc) is 3.15. The number of benzene rings is 1. The third kappa shape index (κ3) is 7.51. The van der Waals surface area contributed by atoms with Gasteiger partial charge < -0.3 is 16.0 Å². The van der Waals surface area contributed by atoms with E-state index in [0.717, 1.165) is 43.0 Å². The van der Waals surface area contributed by atoms with Gasteiger partial charge in [0.1, 0.15) is 0 Å². The van der Waals surface area contributed by atoms with Gasteiger partial charge in [0.25, 0.3) is 0 Å². The SMILES string of the molecule is CCNC(=NCc1cccc(NC(=O)C2CCCC2)c1)NC(C)CC.I. The predicted octanol–water partition coefficient (Wildman–Crippen LogP) is 4.29. The Kier molecular flexibility index (Phi) is 10.6. The zero-order chi connectivity index (χ0) is 18.1. The van der Waals surface area contributed by atoms with Crippen molar-refractivity contribution in [2.45, 2.75) is 65.5 Å². The Morgan fingerprint density at radius 3 is 2.65 bits per heavy atom. The van der Waals surface area contributed by atoms with E-state index in [-0.39, 0.29) is 35.8 Å². The summed E-state index contributed by atoms with van der Waals surface area (Å²) < 4.78 is 0. The van der Waals surface area contributed by atoms with Crippen LogP contribution in [0.3, 0.4) is 0 Å². The number of anilines is 1. The van der Waals surface area contributed by atoms with E-state index in [1.165, 1.54) is 12.8 Å². The summed E-state index contributed by atoms with van der Waals surface area (Å²) in [4.78, 5) is 16.9. The molecule has 2 rings (SSSR count). The zero-order valence-electron chi connectivity index (χ0n) is 16.2. The highest BCUT2D eigenvalue weighted by molar-refractivity contribution is 14.0. The fourth-order valence-electron chi connectivity index (χ4n) is 3.01. The van der Waals surface area contributed by atoms with Gasteiger partial charge >= 0.3 is 0 Å². The summed E-state index contributed by atoms with van der Waals surface area (Å²) in [5.74, 6) is 1.17. The van der Waals surface area contributed by atoms with Crippen molar-refractivity contribution in [2.24, 2.45) is 10.9 Å². The molecular formula is C20H33IN4O. The van der Waals surface area contributed by atoms with Crippen molar-refractivity contribution in [1.29, 1.82) is 0 Å². The van der Waals surface area contributed by atoms with Gasteiger partial charge in [-0.3, -0.25) is 4.79 Å². The quantitative estimate of drug-likeness (QED) is 0.315. The first-order valence-electron chi connectivity index (χ1n) is 9.57. The minimum atomic E-state index is 0. The van der Waals surface area contributed by atoms with Crippen molar-refractivity contribution in [3.05, 3.63) is 29.8 Å². The Hall–Kier alpha value is -1.31. The molecule has 5 nitrogen and oxygen atoms in total. The highest BCUT2D eigenvalue weighted by Crippen LogP contribution is 2.26. The van der Waals surface area contributed by atoms with Crippen LogP contribution >= 0.6 is 24.0 Å². The lowest BCUT2D eigenvalue weighted by molar-refractivity contribution is -0.119. The Balaban J connectivity index is 0.00000338. The molecule has 0 spiro atoms. The summed E-state index contributed by atoms with van der Waals surface area (Å²) in [5, 5.41) is 9.72. The second-order valence-electron chi connectivity index (χ2n) is 6.82. The van der Waals surface area contributed by atoms with Crippen LogP contribution in [0.25, 0.3) is 0 Å². The van der Waals surface area contributed by atoms with Crippen molar-refractivity contribution >= 4 is 41.5 Å². The van der Waals surface area contributed by atoms with E-state index >= 15 is 0 Å². The monoisotopic (exact) mass is 472 g/mol. The maximum atomic E-state index is 12.3. The van der Waals surface area contributed by atoms with Crippen LogP contribution in [0.1, 0.15) is 58.4 Å². The fourth-order valence-corrected chi connectivity index (χ4v) is 3.01. The molecule has 0 radical (unpaired) electrons. The molecule has 0 heterocycles. The van der Waals surface area contributed by atoms with Crippen LogP contribution in [-0.2, 0) is 11.3 Å². The summed E-state index contributed by atoms with van der Waals surface area (Å²) in [7, 11) is 0. The number of hydrogen-bond donors (Lipinski definition) is 3. The van der Waals surface area contributed by atoms with E-state index < -0.39 is 0 Å². The molecule has 6 heteroatoms. The second-order valence-corrected chi connectivity index (χ2v) is 6.82. The van der Waals surface area contributed by atoms with E-state index in [1.807, 2.05) is 24.3 Å². The lowest BCUT2D eigenvalue weighted by Gasteiger charge is -2.16. The molecule has 1 aromatic carbocycles. The summed E-state index contributed by atoms with van der Waals surface area (Å²) in [5.41, 5.74) is 1.95. The van der Waals surface area contributed by atoms with Gasteiger partial charge in [-0.2, -0.15) is 0 Å². The summed E-state index contributed by atoms with van der Waals surface area (Å²) in [6.45, 7) is 7.77. The molecule has 1 aliphatic rings. The molecule has 0 saturated heterocycles. The first kappa shape index (κ1) is 22.7. The van der Waals surface area contributed by atoms with Gasteiger partial charge in [0.05, 0.1) is 6.54 Å². The van der Waals surface area contributed by atoms with Gasteiger partial charge in [0.2, 0.25) is 5.91 Å². The standard InChI is InChI=1S/C20H32N4O.HI/c1-4-15(3)23-20(21-5-2)22-14-16-9-8-12-18(13-16)24-19(25)17-10-6-7-11-17;/h8-9,12-13,15,17H,4-7,10-11,14H2,1-3H3,(H,24,25)(H2,21,22,23);1H. The number of carbonyl (C=O) groups is 1. The van der Waals surface area contributed by atoms with E-state index in [1.54, 1.807) is 0 Å². The Bertz CT molecular complexity index is 585. The number of guanidine groups is 1. The zero-order valence-corrected chi connectivity index (χ0v) is 18.5. The van der Waals surface area contributed by atoms with Crippen LogP contribution in [0.5, 0.6) is 0 Å². The molecule has 0 aliphatic heterocycles. The van der Waals surface area contributed by atoms with Crippen molar-refractivity contribution in [3.63, 3.8) is 0 Å². The molecule has 1 aromatic rings. The molecule has 3 N–H and O–H groups in total. The Labute approximate surface area is 174 Å². The van der Waals surface area contributed by atoms with Crippen molar-refractivity contribution in [1.82, 2.24) is 10.6 Å². The molecule has 1 amide bonds. The molecular weight excluding hydrogens is 439 g/mol. The minimum Gasteiger partial charge on any atom is -0.357 e. The highest BCUT2D eigenvalue weighted by Gasteiger charge is 2.22. The number of hydrogen-bond acceptors (Lipinski definition) is 2. The average molecular weight is 472 g/mol. The summed E-state index contributed by atoms with van der Waals surface area (Å²) in [6, 6.07) is 8.37. The Morgan fingerprint density at radius 2 is 2.00 bits per heavy atom. The van der Waals surface area contributed by atoms with Crippen LogP contribution in [0.4, 0.5) is 5.69 Å². The third-order valence-corrected chi connectivity index (χ3v) is 4.68. The van der Waals surface area contributed by atoms with Gasteiger partial charge in [-0.1, -0.05) is 31.9 Å². The van der Waals surface area contributed by atoms with E-state index in [2.05, 4.69) is 41.7 Å². The lowest BCUT2D eigenvalue weighted by atomic mass is 10.1. The molecule has 1 atom stereocenters. The van der Waals surface area contributed by atoms with Gasteiger partial charge in [-0.25, -0.2) is 4.99 Å². The van der Waals surface area contributed by atoms with Gasteiger partial charge in [-0.05, 0) is 50.8 Å². The van der Waals surface area contributed by atoms with E-state index in [0.29, 0.717) is 12.6 Å². The molecule has 1 aliphatic carbocycles. The number of rotatable bonds is 7. The van der Waals surface area contributed by atoms with Crippen molar-refractivity contribution < 1.29 is 4.79 Å². The molecule has 26 heavy (non-hydrogen) atoms. The number of nitrogens with one attached hydrogen (secondary N) is 3. The summed E-state index contributed by atoms with van der Waals surface area (Å²) >= 11 is 0. The summed E-state index contributed by atoms with van der Waals surface area (Å²) in [6.07, 6.45) is 5.42. The van der Waals surface area contributed by atoms with Gasteiger partial charge in [0, 0.05) is 24.2 Å².